The number of anilines is 3. The predicted octanol–water partition coefficient (Wildman–Crippen LogP) is 3.16. The number of hydrogen-bond donors (Lipinski definition) is 2. The van der Waals surface area contributed by atoms with E-state index < -0.39 is 0 Å². The van der Waals surface area contributed by atoms with Crippen LogP contribution in [0.5, 0.6) is 0 Å². The van der Waals surface area contributed by atoms with Gasteiger partial charge in [0, 0.05) is 7.05 Å². The van der Waals surface area contributed by atoms with E-state index in [-0.39, 0.29) is 6.01 Å². The van der Waals surface area contributed by atoms with Crippen molar-refractivity contribution in [1.29, 1.82) is 0 Å². The topological polar surface area (TPSA) is 63.0 Å². The number of nitrogens with one attached hydrogen (secondary N) is 2. The summed E-state index contributed by atoms with van der Waals surface area (Å²) in [6.07, 6.45) is 0. The first kappa shape index (κ1) is 11.0. The lowest BCUT2D eigenvalue weighted by atomic mass is 10.3. The van der Waals surface area contributed by atoms with E-state index in [9.17, 15) is 0 Å². The summed E-state index contributed by atoms with van der Waals surface area (Å²) < 4.78 is 4.92. The lowest BCUT2D eigenvalue weighted by Gasteiger charge is -2.05. The number of benzene rings is 1. The molecule has 0 saturated heterocycles. The number of nitrogens with zero attached hydrogens (tertiary/aromatic N) is 2. The fourth-order valence-corrected chi connectivity index (χ4v) is 1.59. The molecule has 0 amide bonds. The Morgan fingerprint density at radius 2 is 1.94 bits per heavy atom. The third-order valence-electron chi connectivity index (χ3n) is 1.84. The average molecular weight is 259 g/mol. The molecule has 0 aliphatic rings. The van der Waals surface area contributed by atoms with E-state index >= 15 is 0 Å². The number of para-hydroxylation sites is 1. The molecular weight excluding hydrogens is 251 g/mol. The van der Waals surface area contributed by atoms with E-state index in [1.807, 2.05) is 0 Å². The lowest BCUT2D eigenvalue weighted by Crippen LogP contribution is -1.93. The van der Waals surface area contributed by atoms with Crippen molar-refractivity contribution in [3.8, 4) is 0 Å². The first-order valence-electron chi connectivity index (χ1n) is 4.43. The Morgan fingerprint density at radius 3 is 2.50 bits per heavy atom. The van der Waals surface area contributed by atoms with Crippen molar-refractivity contribution in [2.24, 2.45) is 0 Å². The number of halogens is 2. The standard InChI is InChI=1S/C9H8Cl2N4O/c1-12-8-14-9(16-15-8)13-7-5(10)3-2-4-6(7)11/h2-4H,1H3,(H2,12,13,14,15). The first-order valence-corrected chi connectivity index (χ1v) is 5.19. The molecule has 2 N–H and O–H groups in total. The summed E-state index contributed by atoms with van der Waals surface area (Å²) in [4.78, 5) is 3.99. The highest BCUT2D eigenvalue weighted by Crippen LogP contribution is 2.32. The van der Waals surface area contributed by atoms with Crippen molar-refractivity contribution in [3.63, 3.8) is 0 Å². The molecular formula is C9H8Cl2N4O. The average Bonchev–Trinajstić information content (AvgIpc) is 2.71. The van der Waals surface area contributed by atoms with Crippen molar-refractivity contribution < 1.29 is 4.52 Å². The van der Waals surface area contributed by atoms with Crippen LogP contribution in [0.15, 0.2) is 22.7 Å². The zero-order valence-corrected chi connectivity index (χ0v) is 9.80. The molecule has 0 radical (unpaired) electrons. The Balaban J connectivity index is 2.26. The minimum atomic E-state index is 0.222. The second-order valence-electron chi connectivity index (χ2n) is 2.89. The van der Waals surface area contributed by atoms with Crippen LogP contribution in [0.25, 0.3) is 0 Å². The molecule has 16 heavy (non-hydrogen) atoms. The van der Waals surface area contributed by atoms with E-state index in [4.69, 9.17) is 27.7 Å². The monoisotopic (exact) mass is 258 g/mol. The molecule has 1 heterocycles. The Hall–Kier alpha value is -1.46. The quantitative estimate of drug-likeness (QED) is 0.886. The molecule has 7 heteroatoms. The minimum Gasteiger partial charge on any atom is -0.355 e. The Labute approximate surface area is 102 Å². The summed E-state index contributed by atoms with van der Waals surface area (Å²) in [6, 6.07) is 5.40. The highest BCUT2D eigenvalue weighted by Gasteiger charge is 2.09. The van der Waals surface area contributed by atoms with Crippen LogP contribution >= 0.6 is 23.2 Å². The maximum Gasteiger partial charge on any atom is 0.327 e. The molecule has 0 fully saturated rings. The van der Waals surface area contributed by atoms with Crippen LogP contribution in [0.1, 0.15) is 0 Å². The smallest absolute Gasteiger partial charge is 0.327 e. The largest absolute Gasteiger partial charge is 0.355 e. The molecule has 0 aliphatic carbocycles. The van der Waals surface area contributed by atoms with Crippen LogP contribution in [-0.4, -0.2) is 17.2 Å². The molecule has 1 aromatic heterocycles. The van der Waals surface area contributed by atoms with Gasteiger partial charge in [-0.05, 0) is 17.3 Å². The zero-order chi connectivity index (χ0) is 11.5. The second-order valence-corrected chi connectivity index (χ2v) is 3.71. The highest BCUT2D eigenvalue weighted by molar-refractivity contribution is 6.39. The first-order chi connectivity index (χ1) is 7.70. The summed E-state index contributed by atoms with van der Waals surface area (Å²) in [6.45, 7) is 0. The Morgan fingerprint density at radius 1 is 1.25 bits per heavy atom. The van der Waals surface area contributed by atoms with Gasteiger partial charge in [0.2, 0.25) is 0 Å². The van der Waals surface area contributed by atoms with Crippen molar-refractivity contribution in [2.75, 3.05) is 17.7 Å². The molecule has 0 bridgehead atoms. The van der Waals surface area contributed by atoms with Gasteiger partial charge in [-0.15, -0.1) is 0 Å². The van der Waals surface area contributed by atoms with E-state index in [0.717, 1.165) is 0 Å². The SMILES string of the molecule is CNc1noc(Nc2c(Cl)cccc2Cl)n1. The lowest BCUT2D eigenvalue weighted by molar-refractivity contribution is 0.436. The zero-order valence-electron chi connectivity index (χ0n) is 8.29. The molecule has 5 nitrogen and oxygen atoms in total. The van der Waals surface area contributed by atoms with Gasteiger partial charge in [-0.25, -0.2) is 0 Å². The number of hydrogen-bond acceptors (Lipinski definition) is 5. The van der Waals surface area contributed by atoms with Gasteiger partial charge in [0.25, 0.3) is 5.95 Å². The Kier molecular flexibility index (Phi) is 3.17. The van der Waals surface area contributed by atoms with Crippen molar-refractivity contribution >= 4 is 40.9 Å². The third kappa shape index (κ3) is 2.20. The van der Waals surface area contributed by atoms with E-state index in [1.165, 1.54) is 0 Å². The van der Waals surface area contributed by atoms with E-state index in [1.54, 1.807) is 25.2 Å². The van der Waals surface area contributed by atoms with Gasteiger partial charge in [-0.2, -0.15) is 4.98 Å². The molecule has 0 spiro atoms. The molecule has 2 rings (SSSR count). The van der Waals surface area contributed by atoms with Crippen LogP contribution in [0.4, 0.5) is 17.7 Å². The van der Waals surface area contributed by atoms with E-state index in [2.05, 4.69) is 20.8 Å². The minimum absolute atomic E-state index is 0.222. The summed E-state index contributed by atoms with van der Waals surface area (Å²) in [5.74, 6) is 0.380. The van der Waals surface area contributed by atoms with Gasteiger partial charge < -0.3 is 15.2 Å². The van der Waals surface area contributed by atoms with Crippen LogP contribution < -0.4 is 10.6 Å². The molecule has 0 atom stereocenters. The molecule has 0 unspecified atom stereocenters. The number of rotatable bonds is 3. The maximum atomic E-state index is 5.97. The molecule has 84 valence electrons. The fraction of sp³-hybridized carbons (Fsp3) is 0.111. The molecule has 0 aliphatic heterocycles. The van der Waals surface area contributed by atoms with Crippen molar-refractivity contribution in [1.82, 2.24) is 10.1 Å². The fourth-order valence-electron chi connectivity index (χ4n) is 1.10. The van der Waals surface area contributed by atoms with Gasteiger partial charge >= 0.3 is 6.01 Å². The van der Waals surface area contributed by atoms with Crippen LogP contribution in [0.2, 0.25) is 10.0 Å². The van der Waals surface area contributed by atoms with Gasteiger partial charge in [0.1, 0.15) is 0 Å². The normalized spacial score (nSPS) is 10.2. The maximum absolute atomic E-state index is 5.97. The van der Waals surface area contributed by atoms with Gasteiger partial charge in [0.05, 0.1) is 15.7 Å². The van der Waals surface area contributed by atoms with Crippen LogP contribution in [0, 0.1) is 0 Å². The van der Waals surface area contributed by atoms with Gasteiger partial charge in [-0.1, -0.05) is 29.3 Å². The predicted molar refractivity (Wildman–Crippen MR) is 63.6 cm³/mol. The van der Waals surface area contributed by atoms with Gasteiger partial charge in [-0.3, -0.25) is 0 Å². The van der Waals surface area contributed by atoms with E-state index in [0.29, 0.717) is 21.7 Å². The van der Waals surface area contributed by atoms with Crippen LogP contribution in [-0.2, 0) is 0 Å². The number of aromatic nitrogens is 2. The molecule has 0 saturated carbocycles. The van der Waals surface area contributed by atoms with Crippen molar-refractivity contribution in [3.05, 3.63) is 28.2 Å². The third-order valence-corrected chi connectivity index (χ3v) is 2.47. The summed E-state index contributed by atoms with van der Waals surface area (Å²) in [7, 11) is 1.69. The van der Waals surface area contributed by atoms with Crippen LogP contribution in [0.3, 0.4) is 0 Å². The Bertz CT molecular complexity index is 480. The van der Waals surface area contributed by atoms with Crippen molar-refractivity contribution in [2.45, 2.75) is 0 Å². The highest BCUT2D eigenvalue weighted by atomic mass is 35.5. The summed E-state index contributed by atoms with van der Waals surface area (Å²) in [5.41, 5.74) is 0.539. The molecule has 2 aromatic rings. The summed E-state index contributed by atoms with van der Waals surface area (Å²) in [5, 5.41) is 10.2. The summed E-state index contributed by atoms with van der Waals surface area (Å²) >= 11 is 11.9. The molecule has 1 aromatic carbocycles. The van der Waals surface area contributed by atoms with Gasteiger partial charge in [0.15, 0.2) is 0 Å². The second kappa shape index (κ2) is 4.59.